The summed E-state index contributed by atoms with van der Waals surface area (Å²) in [4.78, 5) is 23.8. The van der Waals surface area contributed by atoms with Gasteiger partial charge < -0.3 is 15.8 Å². The Morgan fingerprint density at radius 3 is 2.81 bits per heavy atom. The molecule has 0 saturated carbocycles. The molecule has 2 aromatic rings. The van der Waals surface area contributed by atoms with E-state index < -0.39 is 17.7 Å². The minimum Gasteiger partial charge on any atom is -0.462 e. The van der Waals surface area contributed by atoms with E-state index in [1.54, 1.807) is 18.4 Å². The Labute approximate surface area is 124 Å². The maximum absolute atomic E-state index is 13.1. The van der Waals surface area contributed by atoms with Crippen LogP contribution in [0.3, 0.4) is 0 Å². The van der Waals surface area contributed by atoms with Crippen LogP contribution in [0, 0.1) is 5.82 Å². The standard InChI is InChI=1S/C14H13FN2O3S/c1-2-20-14(19)9-5-6-21-13(9)17-12(18)8-3-4-10(15)11(16)7-8/h3-7H,2,16H2,1H3,(H,17,18). The summed E-state index contributed by atoms with van der Waals surface area (Å²) in [6, 6.07) is 5.24. The predicted molar refractivity (Wildman–Crippen MR) is 79.0 cm³/mol. The first kappa shape index (κ1) is 15.0. The molecule has 0 spiro atoms. The van der Waals surface area contributed by atoms with Gasteiger partial charge in [-0.1, -0.05) is 0 Å². The Kier molecular flexibility index (Phi) is 4.54. The number of amides is 1. The summed E-state index contributed by atoms with van der Waals surface area (Å²) in [5, 5.41) is 4.64. The second kappa shape index (κ2) is 6.36. The Morgan fingerprint density at radius 1 is 1.38 bits per heavy atom. The Morgan fingerprint density at radius 2 is 2.14 bits per heavy atom. The summed E-state index contributed by atoms with van der Waals surface area (Å²) in [6.45, 7) is 1.94. The van der Waals surface area contributed by atoms with Gasteiger partial charge in [-0.15, -0.1) is 11.3 Å². The summed E-state index contributed by atoms with van der Waals surface area (Å²) in [6.07, 6.45) is 0. The number of thiophene rings is 1. The van der Waals surface area contributed by atoms with Crippen LogP contribution in [0.15, 0.2) is 29.6 Å². The molecule has 0 aliphatic heterocycles. The molecule has 0 aliphatic carbocycles. The van der Waals surface area contributed by atoms with Gasteiger partial charge in [0.05, 0.1) is 17.9 Å². The summed E-state index contributed by atoms with van der Waals surface area (Å²) < 4.78 is 18.0. The molecule has 1 aromatic heterocycles. The molecule has 0 unspecified atom stereocenters. The zero-order valence-electron chi connectivity index (χ0n) is 11.2. The van der Waals surface area contributed by atoms with Crippen LogP contribution in [0.4, 0.5) is 15.1 Å². The van der Waals surface area contributed by atoms with Gasteiger partial charge in [-0.25, -0.2) is 9.18 Å². The third-order valence-electron chi connectivity index (χ3n) is 2.65. The molecule has 1 heterocycles. The largest absolute Gasteiger partial charge is 0.462 e. The van der Waals surface area contributed by atoms with E-state index in [9.17, 15) is 14.0 Å². The van der Waals surface area contributed by atoms with E-state index in [-0.39, 0.29) is 23.4 Å². The summed E-state index contributed by atoms with van der Waals surface area (Å²) in [5.74, 6) is -1.57. The van der Waals surface area contributed by atoms with Gasteiger partial charge in [-0.2, -0.15) is 0 Å². The van der Waals surface area contributed by atoms with E-state index in [0.717, 1.165) is 6.07 Å². The van der Waals surface area contributed by atoms with Gasteiger partial charge in [-0.3, -0.25) is 4.79 Å². The van der Waals surface area contributed by atoms with Gasteiger partial charge in [0.1, 0.15) is 10.8 Å². The van der Waals surface area contributed by atoms with Crippen molar-refractivity contribution in [2.24, 2.45) is 0 Å². The van der Waals surface area contributed by atoms with E-state index >= 15 is 0 Å². The molecule has 3 N–H and O–H groups in total. The summed E-state index contributed by atoms with van der Waals surface area (Å²) in [5.41, 5.74) is 5.80. The molecule has 0 bridgehead atoms. The van der Waals surface area contributed by atoms with Crippen molar-refractivity contribution < 1.29 is 18.7 Å². The first-order chi connectivity index (χ1) is 10.0. The number of benzene rings is 1. The number of hydrogen-bond acceptors (Lipinski definition) is 5. The van der Waals surface area contributed by atoms with Crippen molar-refractivity contribution in [2.75, 3.05) is 17.7 Å². The quantitative estimate of drug-likeness (QED) is 0.672. The number of nitrogen functional groups attached to an aromatic ring is 1. The highest BCUT2D eigenvalue weighted by Crippen LogP contribution is 2.25. The Balaban J connectivity index is 2.18. The smallest absolute Gasteiger partial charge is 0.341 e. The topological polar surface area (TPSA) is 81.4 Å². The zero-order valence-corrected chi connectivity index (χ0v) is 12.0. The van der Waals surface area contributed by atoms with Crippen molar-refractivity contribution in [3.63, 3.8) is 0 Å². The van der Waals surface area contributed by atoms with Crippen molar-refractivity contribution in [1.29, 1.82) is 0 Å². The number of carbonyl (C=O) groups excluding carboxylic acids is 2. The van der Waals surface area contributed by atoms with Crippen LogP contribution >= 0.6 is 11.3 Å². The Hall–Kier alpha value is -2.41. The molecule has 7 heteroatoms. The first-order valence-corrected chi connectivity index (χ1v) is 7.02. The lowest BCUT2D eigenvalue weighted by atomic mass is 10.2. The molecule has 0 atom stereocenters. The van der Waals surface area contributed by atoms with Crippen molar-refractivity contribution >= 4 is 33.9 Å². The lowest BCUT2D eigenvalue weighted by Gasteiger charge is -2.07. The molecular formula is C14H13FN2O3S. The fourth-order valence-corrected chi connectivity index (χ4v) is 2.41. The average molecular weight is 308 g/mol. The normalized spacial score (nSPS) is 10.2. The number of nitrogens with one attached hydrogen (secondary N) is 1. The number of halogens is 1. The van der Waals surface area contributed by atoms with E-state index in [4.69, 9.17) is 10.5 Å². The number of ether oxygens (including phenoxy) is 1. The summed E-state index contributed by atoms with van der Waals surface area (Å²) in [7, 11) is 0. The maximum Gasteiger partial charge on any atom is 0.341 e. The van der Waals surface area contributed by atoms with Gasteiger partial charge in [-0.05, 0) is 36.6 Å². The van der Waals surface area contributed by atoms with Crippen LogP contribution in [0.2, 0.25) is 0 Å². The lowest BCUT2D eigenvalue weighted by Crippen LogP contribution is -2.14. The second-order valence-corrected chi connectivity index (χ2v) is 4.99. The minimum atomic E-state index is -0.588. The van der Waals surface area contributed by atoms with Crippen molar-refractivity contribution in [3.05, 3.63) is 46.6 Å². The number of rotatable bonds is 4. The van der Waals surface area contributed by atoms with E-state index in [1.165, 1.54) is 23.5 Å². The third-order valence-corrected chi connectivity index (χ3v) is 3.48. The van der Waals surface area contributed by atoms with Crippen LogP contribution in [0.1, 0.15) is 27.6 Å². The maximum atomic E-state index is 13.1. The zero-order chi connectivity index (χ0) is 15.4. The molecular weight excluding hydrogens is 295 g/mol. The van der Waals surface area contributed by atoms with Crippen molar-refractivity contribution in [1.82, 2.24) is 0 Å². The third kappa shape index (κ3) is 3.38. The Bertz CT molecular complexity index is 685. The van der Waals surface area contributed by atoms with Crippen LogP contribution in [-0.4, -0.2) is 18.5 Å². The van der Waals surface area contributed by atoms with Gasteiger partial charge in [0.25, 0.3) is 5.91 Å². The minimum absolute atomic E-state index is 0.112. The van der Waals surface area contributed by atoms with E-state index in [0.29, 0.717) is 5.00 Å². The highest BCUT2D eigenvalue weighted by atomic mass is 32.1. The molecule has 0 radical (unpaired) electrons. The predicted octanol–water partition coefficient (Wildman–Crippen LogP) is 2.90. The number of anilines is 2. The van der Waals surface area contributed by atoms with Crippen molar-refractivity contribution in [3.8, 4) is 0 Å². The van der Waals surface area contributed by atoms with Crippen LogP contribution < -0.4 is 11.1 Å². The van der Waals surface area contributed by atoms with Gasteiger partial charge in [0.15, 0.2) is 0 Å². The second-order valence-electron chi connectivity index (χ2n) is 4.07. The van der Waals surface area contributed by atoms with Gasteiger partial charge in [0, 0.05) is 5.56 Å². The molecule has 0 aliphatic rings. The molecule has 2 rings (SSSR count). The van der Waals surface area contributed by atoms with E-state index in [2.05, 4.69) is 5.32 Å². The molecule has 0 saturated heterocycles. The molecule has 1 amide bonds. The highest BCUT2D eigenvalue weighted by Gasteiger charge is 2.17. The van der Waals surface area contributed by atoms with Crippen LogP contribution in [0.5, 0.6) is 0 Å². The fraction of sp³-hybridized carbons (Fsp3) is 0.143. The SMILES string of the molecule is CCOC(=O)c1ccsc1NC(=O)c1ccc(F)c(N)c1. The molecule has 5 nitrogen and oxygen atoms in total. The van der Waals surface area contributed by atoms with Gasteiger partial charge >= 0.3 is 5.97 Å². The van der Waals surface area contributed by atoms with Crippen LogP contribution in [0.25, 0.3) is 0 Å². The van der Waals surface area contributed by atoms with Crippen LogP contribution in [-0.2, 0) is 4.74 Å². The van der Waals surface area contributed by atoms with Crippen molar-refractivity contribution in [2.45, 2.75) is 6.92 Å². The van der Waals surface area contributed by atoms with Gasteiger partial charge in [0.2, 0.25) is 0 Å². The van der Waals surface area contributed by atoms with E-state index in [1.807, 2.05) is 0 Å². The summed E-state index contributed by atoms with van der Waals surface area (Å²) >= 11 is 1.20. The molecule has 1 aromatic carbocycles. The molecule has 0 fully saturated rings. The number of carbonyl (C=O) groups is 2. The average Bonchev–Trinajstić information content (AvgIpc) is 2.90. The highest BCUT2D eigenvalue weighted by molar-refractivity contribution is 7.14. The lowest BCUT2D eigenvalue weighted by molar-refractivity contribution is 0.0528. The monoisotopic (exact) mass is 308 g/mol. The fourth-order valence-electron chi connectivity index (χ4n) is 1.64. The first-order valence-electron chi connectivity index (χ1n) is 6.14. The molecule has 21 heavy (non-hydrogen) atoms. The number of hydrogen-bond donors (Lipinski definition) is 2. The number of nitrogens with two attached hydrogens (primary N) is 1. The number of esters is 1. The molecule has 110 valence electrons.